The van der Waals surface area contributed by atoms with Crippen LogP contribution < -0.4 is 4.90 Å². The van der Waals surface area contributed by atoms with E-state index >= 15 is 0 Å². The molecule has 0 saturated carbocycles. The summed E-state index contributed by atoms with van der Waals surface area (Å²) in [6, 6.07) is 7.50. The molecular formula is C23H26ClFN4O3S2. The maximum Gasteiger partial charge on any atom is 0.247 e. The number of hydrogen-bond acceptors (Lipinski definition) is 6. The van der Waals surface area contributed by atoms with Gasteiger partial charge < -0.3 is 4.90 Å². The van der Waals surface area contributed by atoms with Gasteiger partial charge in [-0.25, -0.2) is 17.8 Å². The topological polar surface area (TPSA) is 73.8 Å². The second-order valence-electron chi connectivity index (χ2n) is 8.56. The Morgan fingerprint density at radius 3 is 2.56 bits per heavy atom. The second-order valence-corrected chi connectivity index (χ2v) is 11.8. The summed E-state index contributed by atoms with van der Waals surface area (Å²) in [5.74, 6) is -0.842. The van der Waals surface area contributed by atoms with Crippen molar-refractivity contribution in [2.24, 2.45) is 0 Å². The average Bonchev–Trinajstić information content (AvgIpc) is 3.45. The zero-order valence-corrected chi connectivity index (χ0v) is 21.6. The van der Waals surface area contributed by atoms with Crippen LogP contribution in [0.3, 0.4) is 0 Å². The Morgan fingerprint density at radius 2 is 1.91 bits per heavy atom. The van der Waals surface area contributed by atoms with E-state index in [0.717, 1.165) is 27.9 Å². The largest absolute Gasteiger partial charge is 0.308 e. The monoisotopic (exact) mass is 524 g/mol. The number of sulfonamides is 1. The molecule has 0 bridgehead atoms. The van der Waals surface area contributed by atoms with Crippen molar-refractivity contribution in [3.63, 3.8) is 0 Å². The van der Waals surface area contributed by atoms with Crippen LogP contribution in [0.1, 0.15) is 18.4 Å². The summed E-state index contributed by atoms with van der Waals surface area (Å²) in [7, 11) is -0.153. The molecular weight excluding hydrogens is 499 g/mol. The summed E-state index contributed by atoms with van der Waals surface area (Å²) in [5, 5.41) is 1.05. The number of hydrogen-bond donors (Lipinski definition) is 0. The fraction of sp³-hybridized carbons (Fsp3) is 0.391. The number of thiazole rings is 1. The van der Waals surface area contributed by atoms with Gasteiger partial charge in [0, 0.05) is 19.6 Å². The number of likely N-dealkylation sites (N-methyl/N-ethyl adjacent to an activating group) is 1. The van der Waals surface area contributed by atoms with Gasteiger partial charge in [-0.05, 0) is 69.8 Å². The van der Waals surface area contributed by atoms with Crippen molar-refractivity contribution in [2.45, 2.75) is 30.7 Å². The summed E-state index contributed by atoms with van der Waals surface area (Å²) >= 11 is 7.71. The number of rotatable bonds is 7. The van der Waals surface area contributed by atoms with Gasteiger partial charge in [-0.3, -0.25) is 9.69 Å². The van der Waals surface area contributed by atoms with Gasteiger partial charge in [-0.15, -0.1) is 0 Å². The Labute approximate surface area is 207 Å². The summed E-state index contributed by atoms with van der Waals surface area (Å²) in [6.07, 6.45) is 0.964. The van der Waals surface area contributed by atoms with E-state index in [2.05, 4.69) is 0 Å². The number of nitrogens with zero attached hydrogens (tertiary/aromatic N) is 4. The number of aryl methyl sites for hydroxylation is 1. The van der Waals surface area contributed by atoms with Gasteiger partial charge in [0.1, 0.15) is 11.9 Å². The van der Waals surface area contributed by atoms with Crippen molar-refractivity contribution in [3.8, 4) is 0 Å². The predicted octanol–water partition coefficient (Wildman–Crippen LogP) is 4.15. The minimum Gasteiger partial charge on any atom is -0.308 e. The number of anilines is 1. The summed E-state index contributed by atoms with van der Waals surface area (Å²) in [4.78, 5) is 22.0. The molecule has 0 radical (unpaired) electrons. The van der Waals surface area contributed by atoms with Crippen LogP contribution in [0.5, 0.6) is 0 Å². The van der Waals surface area contributed by atoms with E-state index in [1.54, 1.807) is 11.0 Å². The molecule has 4 rings (SSSR count). The molecule has 0 spiro atoms. The lowest BCUT2D eigenvalue weighted by molar-refractivity contribution is -0.121. The van der Waals surface area contributed by atoms with E-state index in [0.29, 0.717) is 36.1 Å². The lowest BCUT2D eigenvalue weighted by atomic mass is 10.2. The fourth-order valence-electron chi connectivity index (χ4n) is 4.00. The van der Waals surface area contributed by atoms with Gasteiger partial charge in [0.2, 0.25) is 15.9 Å². The summed E-state index contributed by atoms with van der Waals surface area (Å²) < 4.78 is 42.0. The van der Waals surface area contributed by atoms with Gasteiger partial charge in [0.15, 0.2) is 5.13 Å². The van der Waals surface area contributed by atoms with E-state index in [-0.39, 0.29) is 17.3 Å². The van der Waals surface area contributed by atoms with E-state index in [1.807, 2.05) is 32.0 Å². The number of benzene rings is 2. The van der Waals surface area contributed by atoms with Crippen molar-refractivity contribution in [3.05, 3.63) is 52.8 Å². The lowest BCUT2D eigenvalue weighted by Crippen LogP contribution is -2.49. The molecule has 34 heavy (non-hydrogen) atoms. The molecule has 7 nitrogen and oxygen atoms in total. The quantitative estimate of drug-likeness (QED) is 0.464. The molecule has 182 valence electrons. The number of carbonyl (C=O) groups is 1. The predicted molar refractivity (Wildman–Crippen MR) is 134 cm³/mol. The Bertz CT molecular complexity index is 1270. The van der Waals surface area contributed by atoms with Gasteiger partial charge in [-0.2, -0.15) is 4.31 Å². The normalized spacial score (nSPS) is 17.1. The van der Waals surface area contributed by atoms with Crippen LogP contribution in [0.25, 0.3) is 10.2 Å². The van der Waals surface area contributed by atoms with Crippen molar-refractivity contribution in [2.75, 3.05) is 38.6 Å². The van der Waals surface area contributed by atoms with Gasteiger partial charge >= 0.3 is 0 Å². The van der Waals surface area contributed by atoms with Crippen molar-refractivity contribution in [1.82, 2.24) is 14.2 Å². The molecule has 1 aliphatic rings. The first-order valence-corrected chi connectivity index (χ1v) is 13.5. The van der Waals surface area contributed by atoms with E-state index in [4.69, 9.17) is 16.6 Å². The number of amides is 1. The molecule has 11 heteroatoms. The van der Waals surface area contributed by atoms with Gasteiger partial charge in [-0.1, -0.05) is 29.0 Å². The molecule has 1 aliphatic heterocycles. The highest BCUT2D eigenvalue weighted by Gasteiger charge is 2.42. The smallest absolute Gasteiger partial charge is 0.247 e. The number of carbonyl (C=O) groups excluding carboxylic acids is 1. The maximum atomic E-state index is 13.8. The maximum absolute atomic E-state index is 13.8. The molecule has 2 aromatic carbocycles. The van der Waals surface area contributed by atoms with Crippen LogP contribution >= 0.6 is 22.9 Å². The van der Waals surface area contributed by atoms with Gasteiger partial charge in [0.05, 0.1) is 20.1 Å². The second kappa shape index (κ2) is 9.87. The van der Waals surface area contributed by atoms with Crippen LogP contribution in [-0.4, -0.2) is 68.3 Å². The SMILES string of the molecule is Cc1ccc(Cl)c2sc(N(CCN(C)C)C(=O)C3CCCN3S(=O)(=O)c3ccc(F)cc3)nc12. The first-order chi connectivity index (χ1) is 16.1. The minimum absolute atomic E-state index is 0.0316. The average molecular weight is 525 g/mol. The Hall–Kier alpha value is -2.11. The zero-order chi connectivity index (χ0) is 24.6. The van der Waals surface area contributed by atoms with Crippen LogP contribution in [0, 0.1) is 12.7 Å². The van der Waals surface area contributed by atoms with Gasteiger partial charge in [0.25, 0.3) is 0 Å². The van der Waals surface area contributed by atoms with Crippen molar-refractivity contribution in [1.29, 1.82) is 0 Å². The number of halogens is 2. The summed E-state index contributed by atoms with van der Waals surface area (Å²) in [6.45, 7) is 3.08. The molecule has 1 fully saturated rings. The Balaban J connectivity index is 1.70. The van der Waals surface area contributed by atoms with E-state index in [9.17, 15) is 17.6 Å². The molecule has 1 aromatic heterocycles. The third kappa shape index (κ3) is 4.83. The minimum atomic E-state index is -3.96. The van der Waals surface area contributed by atoms with E-state index in [1.165, 1.54) is 27.8 Å². The number of aromatic nitrogens is 1. The first-order valence-electron chi connectivity index (χ1n) is 10.9. The van der Waals surface area contributed by atoms with Crippen LogP contribution in [0.15, 0.2) is 41.3 Å². The molecule has 2 heterocycles. The van der Waals surface area contributed by atoms with Crippen molar-refractivity contribution < 1.29 is 17.6 Å². The van der Waals surface area contributed by atoms with Crippen LogP contribution in [0.4, 0.5) is 9.52 Å². The molecule has 1 amide bonds. The summed E-state index contributed by atoms with van der Waals surface area (Å²) in [5.41, 5.74) is 1.68. The third-order valence-corrected chi connectivity index (χ3v) is 9.32. The van der Waals surface area contributed by atoms with Crippen LogP contribution in [0.2, 0.25) is 5.02 Å². The third-order valence-electron chi connectivity index (χ3n) is 5.86. The van der Waals surface area contributed by atoms with Crippen LogP contribution in [-0.2, 0) is 14.8 Å². The Morgan fingerprint density at radius 1 is 1.21 bits per heavy atom. The lowest BCUT2D eigenvalue weighted by Gasteiger charge is -2.29. The Kier molecular flexibility index (Phi) is 7.25. The molecule has 1 saturated heterocycles. The van der Waals surface area contributed by atoms with Crippen molar-refractivity contribution >= 4 is 54.2 Å². The highest BCUT2D eigenvalue weighted by molar-refractivity contribution is 7.89. The molecule has 0 aliphatic carbocycles. The molecule has 3 aromatic rings. The zero-order valence-electron chi connectivity index (χ0n) is 19.2. The van der Waals surface area contributed by atoms with E-state index < -0.39 is 21.9 Å². The number of fused-ring (bicyclic) bond motifs is 1. The molecule has 1 atom stereocenters. The highest BCUT2D eigenvalue weighted by Crippen LogP contribution is 2.37. The molecule has 0 N–H and O–H groups in total. The fourth-order valence-corrected chi connectivity index (χ4v) is 7.00. The highest BCUT2D eigenvalue weighted by atomic mass is 35.5. The molecule has 1 unspecified atom stereocenters. The first kappa shape index (κ1) is 25.0. The standard InChI is InChI=1S/C23H26ClFN4O3S2/c1-15-6-11-18(24)21-20(15)26-23(33-21)28(14-13-27(2)3)22(30)19-5-4-12-29(19)34(31,32)17-9-7-16(25)8-10-17/h6-11,19H,4-5,12-14H2,1-3H3.